The summed E-state index contributed by atoms with van der Waals surface area (Å²) in [6, 6.07) is 13.5. The Kier molecular flexibility index (Phi) is 5.76. The normalized spacial score (nSPS) is 14.6. The van der Waals surface area contributed by atoms with Crippen LogP contribution in [0.15, 0.2) is 48.5 Å². The summed E-state index contributed by atoms with van der Waals surface area (Å²) in [6.07, 6.45) is 2.58. The van der Waals surface area contributed by atoms with Crippen molar-refractivity contribution in [3.63, 3.8) is 0 Å². The highest BCUT2D eigenvalue weighted by Crippen LogP contribution is 2.37. The summed E-state index contributed by atoms with van der Waals surface area (Å²) in [4.78, 5) is 14.7. The number of carbonyl (C=O) groups excluding carboxylic acids is 1. The number of methoxy groups -OCH3 is 1. The lowest BCUT2D eigenvalue weighted by Crippen LogP contribution is -2.40. The molecule has 1 aliphatic rings. The number of ether oxygens (including phenoxy) is 2. The molecule has 0 aromatic heterocycles. The molecule has 2 aromatic rings. The van der Waals surface area contributed by atoms with Crippen LogP contribution in [0.2, 0.25) is 0 Å². The van der Waals surface area contributed by atoms with Crippen LogP contribution in [-0.2, 0) is 4.79 Å². The fourth-order valence-corrected chi connectivity index (χ4v) is 3.05. The summed E-state index contributed by atoms with van der Waals surface area (Å²) >= 11 is 0. The van der Waals surface area contributed by atoms with E-state index in [0.29, 0.717) is 11.7 Å². The highest BCUT2D eigenvalue weighted by atomic mass is 19.1. The first-order valence-electron chi connectivity index (χ1n) is 8.93. The summed E-state index contributed by atoms with van der Waals surface area (Å²) in [5.41, 5.74) is 0.872. The van der Waals surface area contributed by atoms with Crippen molar-refractivity contribution in [3.8, 4) is 11.5 Å². The third kappa shape index (κ3) is 4.54. The maximum Gasteiger partial charge on any atom is 0.230 e. The Morgan fingerprint density at radius 1 is 1.12 bits per heavy atom. The SMILES string of the molecule is COc1ccc(N(C(=O)CCOc2ccc(F)cc2)C(C)C2CC2)cc1. The van der Waals surface area contributed by atoms with E-state index >= 15 is 0 Å². The fraction of sp³-hybridized carbons (Fsp3) is 0.381. The Balaban J connectivity index is 1.65. The maximum atomic E-state index is 12.9. The van der Waals surface area contributed by atoms with E-state index in [-0.39, 0.29) is 30.8 Å². The second-order valence-corrected chi connectivity index (χ2v) is 6.59. The van der Waals surface area contributed by atoms with Gasteiger partial charge in [0.25, 0.3) is 0 Å². The quantitative estimate of drug-likeness (QED) is 0.701. The molecule has 1 fully saturated rings. The molecule has 1 amide bonds. The predicted octanol–water partition coefficient (Wildman–Crippen LogP) is 4.43. The minimum absolute atomic E-state index is 0.0247. The van der Waals surface area contributed by atoms with Gasteiger partial charge in [-0.2, -0.15) is 0 Å². The average molecular weight is 357 g/mol. The van der Waals surface area contributed by atoms with Crippen molar-refractivity contribution < 1.29 is 18.7 Å². The van der Waals surface area contributed by atoms with Gasteiger partial charge in [0.1, 0.15) is 17.3 Å². The Hall–Kier alpha value is -2.56. The lowest BCUT2D eigenvalue weighted by atomic mass is 10.1. The lowest BCUT2D eigenvalue weighted by Gasteiger charge is -2.30. The molecule has 1 aliphatic carbocycles. The highest BCUT2D eigenvalue weighted by Gasteiger charge is 2.35. The van der Waals surface area contributed by atoms with Gasteiger partial charge in [-0.25, -0.2) is 4.39 Å². The number of anilines is 1. The zero-order valence-corrected chi connectivity index (χ0v) is 15.2. The van der Waals surface area contributed by atoms with Crippen LogP contribution in [0.5, 0.6) is 11.5 Å². The maximum absolute atomic E-state index is 12.9. The second kappa shape index (κ2) is 8.21. The summed E-state index contributed by atoms with van der Waals surface area (Å²) in [5.74, 6) is 1.60. The second-order valence-electron chi connectivity index (χ2n) is 6.59. The Labute approximate surface area is 153 Å². The summed E-state index contributed by atoms with van der Waals surface area (Å²) in [7, 11) is 1.62. The molecule has 5 heteroatoms. The molecule has 1 atom stereocenters. The number of nitrogens with zero attached hydrogens (tertiary/aromatic N) is 1. The van der Waals surface area contributed by atoms with Crippen LogP contribution in [-0.4, -0.2) is 25.7 Å². The molecule has 2 aromatic carbocycles. The van der Waals surface area contributed by atoms with Crippen molar-refractivity contribution >= 4 is 11.6 Å². The fourth-order valence-electron chi connectivity index (χ4n) is 3.05. The first-order chi connectivity index (χ1) is 12.6. The smallest absolute Gasteiger partial charge is 0.230 e. The Morgan fingerprint density at radius 2 is 1.73 bits per heavy atom. The topological polar surface area (TPSA) is 38.8 Å². The van der Waals surface area contributed by atoms with Gasteiger partial charge in [-0.3, -0.25) is 4.79 Å². The zero-order valence-electron chi connectivity index (χ0n) is 15.2. The first-order valence-corrected chi connectivity index (χ1v) is 8.93. The molecule has 4 nitrogen and oxygen atoms in total. The number of halogens is 1. The largest absolute Gasteiger partial charge is 0.497 e. The van der Waals surface area contributed by atoms with Gasteiger partial charge >= 0.3 is 0 Å². The number of carbonyl (C=O) groups is 1. The first kappa shape index (κ1) is 18.2. The van der Waals surface area contributed by atoms with E-state index in [4.69, 9.17) is 9.47 Å². The van der Waals surface area contributed by atoms with E-state index < -0.39 is 0 Å². The van der Waals surface area contributed by atoms with Gasteiger partial charge in [-0.1, -0.05) is 0 Å². The van der Waals surface area contributed by atoms with E-state index in [0.717, 1.165) is 24.3 Å². The van der Waals surface area contributed by atoms with Crippen molar-refractivity contribution in [2.24, 2.45) is 5.92 Å². The van der Waals surface area contributed by atoms with E-state index in [1.165, 1.54) is 12.1 Å². The molecule has 0 saturated heterocycles. The molecule has 1 unspecified atom stereocenters. The van der Waals surface area contributed by atoms with Gasteiger partial charge in [0.05, 0.1) is 20.1 Å². The molecule has 0 bridgehead atoms. The highest BCUT2D eigenvalue weighted by molar-refractivity contribution is 5.94. The Morgan fingerprint density at radius 3 is 2.31 bits per heavy atom. The van der Waals surface area contributed by atoms with E-state index in [2.05, 4.69) is 6.92 Å². The number of hydrogen-bond acceptors (Lipinski definition) is 3. The standard InChI is InChI=1S/C21H24FNO3/c1-15(16-3-4-16)23(18-7-11-19(25-2)12-8-18)21(24)13-14-26-20-9-5-17(22)6-10-20/h5-12,15-16H,3-4,13-14H2,1-2H3. The molecule has 3 rings (SSSR count). The third-order valence-corrected chi connectivity index (χ3v) is 4.73. The van der Waals surface area contributed by atoms with Crippen LogP contribution >= 0.6 is 0 Å². The van der Waals surface area contributed by atoms with Crippen molar-refractivity contribution in [2.75, 3.05) is 18.6 Å². The average Bonchev–Trinajstić information content (AvgIpc) is 3.49. The summed E-state index contributed by atoms with van der Waals surface area (Å²) < 4.78 is 23.7. The predicted molar refractivity (Wildman–Crippen MR) is 99.2 cm³/mol. The molecule has 1 saturated carbocycles. The molecule has 0 aliphatic heterocycles. The monoisotopic (exact) mass is 357 g/mol. The summed E-state index contributed by atoms with van der Waals surface area (Å²) in [6.45, 7) is 2.36. The zero-order chi connectivity index (χ0) is 18.5. The van der Waals surface area contributed by atoms with Crippen molar-refractivity contribution in [1.82, 2.24) is 0 Å². The molecule has 26 heavy (non-hydrogen) atoms. The number of benzene rings is 2. The van der Waals surface area contributed by atoms with Crippen molar-refractivity contribution in [2.45, 2.75) is 32.2 Å². The number of hydrogen-bond donors (Lipinski definition) is 0. The van der Waals surface area contributed by atoms with Gasteiger partial charge in [0.2, 0.25) is 5.91 Å². The van der Waals surface area contributed by atoms with Crippen LogP contribution < -0.4 is 14.4 Å². The van der Waals surface area contributed by atoms with Crippen LogP contribution in [0.25, 0.3) is 0 Å². The van der Waals surface area contributed by atoms with Gasteiger partial charge in [0.15, 0.2) is 0 Å². The van der Waals surface area contributed by atoms with Gasteiger partial charge in [-0.15, -0.1) is 0 Å². The number of rotatable bonds is 8. The Bertz CT molecular complexity index is 726. The molecule has 0 heterocycles. The molecule has 0 N–H and O–H groups in total. The summed E-state index contributed by atoms with van der Waals surface area (Å²) in [5, 5.41) is 0. The minimum atomic E-state index is -0.308. The van der Waals surface area contributed by atoms with E-state index in [9.17, 15) is 9.18 Å². The van der Waals surface area contributed by atoms with Gasteiger partial charge in [0, 0.05) is 11.7 Å². The van der Waals surface area contributed by atoms with Gasteiger partial charge in [-0.05, 0) is 74.2 Å². The van der Waals surface area contributed by atoms with E-state index in [1.807, 2.05) is 29.2 Å². The molecule has 138 valence electrons. The number of amides is 1. The molecule has 0 radical (unpaired) electrons. The minimum Gasteiger partial charge on any atom is -0.497 e. The van der Waals surface area contributed by atoms with Crippen LogP contribution in [0, 0.1) is 11.7 Å². The lowest BCUT2D eigenvalue weighted by molar-refractivity contribution is -0.119. The van der Waals surface area contributed by atoms with Crippen LogP contribution in [0.3, 0.4) is 0 Å². The van der Waals surface area contributed by atoms with Crippen molar-refractivity contribution in [3.05, 3.63) is 54.3 Å². The van der Waals surface area contributed by atoms with Gasteiger partial charge < -0.3 is 14.4 Å². The van der Waals surface area contributed by atoms with Crippen molar-refractivity contribution in [1.29, 1.82) is 0 Å². The molecular weight excluding hydrogens is 333 g/mol. The van der Waals surface area contributed by atoms with Crippen LogP contribution in [0.1, 0.15) is 26.2 Å². The van der Waals surface area contributed by atoms with Crippen LogP contribution in [0.4, 0.5) is 10.1 Å². The molecular formula is C21H24FNO3. The van der Waals surface area contributed by atoms with E-state index in [1.54, 1.807) is 19.2 Å². The molecule has 0 spiro atoms. The third-order valence-electron chi connectivity index (χ3n) is 4.73.